The van der Waals surface area contributed by atoms with Gasteiger partial charge in [-0.05, 0) is 144 Å². The van der Waals surface area contributed by atoms with E-state index in [1.165, 1.54) is 27.8 Å². The van der Waals surface area contributed by atoms with Crippen molar-refractivity contribution in [3.63, 3.8) is 0 Å². The van der Waals surface area contributed by atoms with Crippen LogP contribution in [0.2, 0.25) is 0 Å². The number of pyridine rings is 5. The first kappa shape index (κ1) is 77.6. The third-order valence-corrected chi connectivity index (χ3v) is 21.3. The van der Waals surface area contributed by atoms with Crippen molar-refractivity contribution in [3.8, 4) is 102 Å². The fourth-order valence-electron chi connectivity index (χ4n) is 14.0. The van der Waals surface area contributed by atoms with Gasteiger partial charge in [0, 0.05) is 96.4 Å². The van der Waals surface area contributed by atoms with Gasteiger partial charge in [0.1, 0.15) is 33.8 Å². The Morgan fingerprint density at radius 1 is 0.294 bits per heavy atom. The second kappa shape index (κ2) is 36.4. The fourth-order valence-corrected chi connectivity index (χ4v) is 15.3. The van der Waals surface area contributed by atoms with Crippen LogP contribution in [0.1, 0.15) is 11.1 Å². The SMILES string of the molecule is Cc1ccc(-c2nnc(-c3ccc(-c4ccccc4)cc3)n2-c2ccccc2)cc1.Cc1ccc(-c2nnc(-c3ccc(-c4ccccc4)cc3)o2)cc1.[Be+2].[O-]c1cccc2ccc3ccc[nH+]c3c12.[O-]c1cccc2ccc3ccc[nH+]c3c12.c1cnc2c([O][Al]([O]c3cccc4cccnc34)[O]c3cccc4cccnc34)cccc2c1. The summed E-state index contributed by atoms with van der Waals surface area (Å²) in [6, 6.07) is 120. The number of aromatic amines is 2. The van der Waals surface area contributed by atoms with Crippen LogP contribution in [0.15, 0.2) is 399 Å². The van der Waals surface area contributed by atoms with E-state index in [4.69, 9.17) is 15.8 Å². The molecule has 21 rings (SSSR count). The largest absolute Gasteiger partial charge is 2.00 e. The maximum Gasteiger partial charge on any atom is 2.00 e. The summed E-state index contributed by atoms with van der Waals surface area (Å²) in [6.45, 7) is 4.14. The molecule has 0 aliphatic heterocycles. The molecule has 0 fully saturated rings. The van der Waals surface area contributed by atoms with E-state index in [1.54, 1.807) is 42.9 Å². The maximum absolute atomic E-state index is 11.8. The van der Waals surface area contributed by atoms with Crippen LogP contribution in [0, 0.1) is 13.8 Å². The summed E-state index contributed by atoms with van der Waals surface area (Å²) in [4.78, 5) is 19.8. The van der Waals surface area contributed by atoms with Crippen molar-refractivity contribution in [2.75, 3.05) is 0 Å². The van der Waals surface area contributed by atoms with Crippen molar-refractivity contribution < 1.29 is 36.0 Å². The number of H-pyrrole nitrogens is 2. The molecule has 0 atom stereocenters. The van der Waals surface area contributed by atoms with Crippen LogP contribution in [0.4, 0.5) is 0 Å². The van der Waals surface area contributed by atoms with Crippen LogP contribution in [-0.4, -0.2) is 65.2 Å². The Kier molecular flexibility index (Phi) is 23.7. The molecule has 0 unspecified atom stereocenters. The van der Waals surface area contributed by atoms with Crippen LogP contribution in [0.5, 0.6) is 28.7 Å². The summed E-state index contributed by atoms with van der Waals surface area (Å²) in [5, 5.41) is 49.6. The van der Waals surface area contributed by atoms with Gasteiger partial charge in [-0.3, -0.25) is 19.5 Å². The van der Waals surface area contributed by atoms with Gasteiger partial charge in [-0.1, -0.05) is 277 Å². The Morgan fingerprint density at radius 3 is 1.03 bits per heavy atom. The fraction of sp³-hybridized carbons (Fsp3) is 0.0198. The minimum Gasteiger partial charge on any atom is -0.872 e. The Labute approximate surface area is 694 Å². The predicted molar refractivity (Wildman–Crippen MR) is 471 cm³/mol. The number of benzene rings is 14. The van der Waals surface area contributed by atoms with E-state index in [0.29, 0.717) is 29.0 Å². The average molecular weight is 1560 g/mol. The number of aromatic nitrogens is 10. The molecule has 119 heavy (non-hydrogen) atoms. The van der Waals surface area contributed by atoms with Crippen LogP contribution in [0.25, 0.3) is 150 Å². The van der Waals surface area contributed by atoms with Gasteiger partial charge >= 0.3 is 25.3 Å². The van der Waals surface area contributed by atoms with E-state index in [2.05, 4.69) is 173 Å². The van der Waals surface area contributed by atoms with Crippen LogP contribution in [-0.2, 0) is 0 Å². The average Bonchev–Trinajstić information content (AvgIpc) is 1.78. The Morgan fingerprint density at radius 2 is 0.613 bits per heavy atom. The first-order chi connectivity index (χ1) is 58.2. The third kappa shape index (κ3) is 17.8. The smallest absolute Gasteiger partial charge is 0.872 e. The van der Waals surface area contributed by atoms with Crippen LogP contribution >= 0.6 is 0 Å². The van der Waals surface area contributed by atoms with Crippen molar-refractivity contribution in [2.24, 2.45) is 0 Å². The molecule has 0 bridgehead atoms. The van der Waals surface area contributed by atoms with E-state index in [9.17, 15) is 10.2 Å². The molecule has 0 amide bonds. The topological polar surface area (TPSA) is 210 Å². The standard InChI is InChI=1S/C27H21N3.C21H16N2O.2C13H9NO.3C9H7NO.Al.Be/c1-20-12-14-23(15-13-20)26-28-29-27(30(26)25-10-6-3-7-11-25)24-18-16-22(17-19-24)21-8-4-2-5-9-21;1-15-7-9-18(10-8-15)20-22-23-21(24-20)19-13-11-17(12-14-19)16-5-3-2-4-6-16;2*15-11-5-1-3-9-6-7-10-4-2-8-14-13(10)12(9)11;3*11-8-5-1-3-7-4-2-6-10-9(7)8;;/h2-19H,1H3;2-14H,1H3;2*1-8,15H;3*1-6,11H;;/q;;;;;;;+3;+2/p-3. The predicted octanol–water partition coefficient (Wildman–Crippen LogP) is 21.2. The molecule has 0 spiro atoms. The molecule has 7 heterocycles. The molecule has 2 N–H and O–H groups in total. The van der Waals surface area contributed by atoms with E-state index < -0.39 is 15.1 Å². The van der Waals surface area contributed by atoms with Crippen molar-refractivity contribution in [1.82, 2.24) is 39.9 Å². The molecular formula is C101H73AlBeN10O6+2. The Bertz CT molecular complexity index is 6710. The molecule has 18 heteroatoms. The van der Waals surface area contributed by atoms with Gasteiger partial charge in [-0.2, -0.15) is 0 Å². The van der Waals surface area contributed by atoms with E-state index in [1.807, 2.05) is 243 Å². The zero-order chi connectivity index (χ0) is 79.9. The molecule has 7 aromatic heterocycles. The number of fused-ring (bicyclic) bond motifs is 9. The van der Waals surface area contributed by atoms with Crippen molar-refractivity contribution in [3.05, 3.63) is 406 Å². The van der Waals surface area contributed by atoms with Crippen LogP contribution in [0.3, 0.4) is 0 Å². The number of hydrogen-bond acceptors (Lipinski definition) is 13. The molecule has 566 valence electrons. The van der Waals surface area contributed by atoms with Gasteiger partial charge in [-0.25, -0.2) is 9.97 Å². The first-order valence-electron chi connectivity index (χ1n) is 38.5. The van der Waals surface area contributed by atoms with E-state index in [-0.39, 0.29) is 21.6 Å². The molecule has 0 saturated carbocycles. The zero-order valence-corrected chi connectivity index (χ0v) is 66.0. The molecular weight excluding hydrogens is 1490 g/mol. The van der Waals surface area contributed by atoms with Gasteiger partial charge in [-0.15, -0.1) is 20.4 Å². The second-order valence-electron chi connectivity index (χ2n) is 27.8. The summed E-state index contributed by atoms with van der Waals surface area (Å²) < 4.78 is 27.2. The minimum atomic E-state index is -2.86. The molecule has 0 radical (unpaired) electrons. The van der Waals surface area contributed by atoms with Gasteiger partial charge in [0.25, 0.3) is 0 Å². The van der Waals surface area contributed by atoms with Gasteiger partial charge in [0.2, 0.25) is 22.8 Å². The van der Waals surface area contributed by atoms with Crippen molar-refractivity contribution in [2.45, 2.75) is 13.8 Å². The maximum atomic E-state index is 11.8. The zero-order valence-electron chi connectivity index (χ0n) is 64.8. The van der Waals surface area contributed by atoms with Gasteiger partial charge < -0.3 is 26.0 Å². The molecule has 21 aromatic rings. The van der Waals surface area contributed by atoms with Gasteiger partial charge in [0.15, 0.2) is 24.0 Å². The second-order valence-corrected chi connectivity index (χ2v) is 29.1. The normalized spacial score (nSPS) is 10.8. The van der Waals surface area contributed by atoms with Crippen molar-refractivity contribution in [1.29, 1.82) is 0 Å². The first-order valence-corrected chi connectivity index (χ1v) is 39.9. The number of nitrogens with zero attached hydrogens (tertiary/aromatic N) is 8. The number of nitrogens with one attached hydrogen (secondary N) is 2. The molecule has 16 nitrogen and oxygen atoms in total. The van der Waals surface area contributed by atoms with E-state index in [0.717, 1.165) is 121 Å². The quantitative estimate of drug-likeness (QED) is 0.0778. The molecule has 0 saturated heterocycles. The summed E-state index contributed by atoms with van der Waals surface area (Å²) >= 11 is -2.86. The number of hydrogen-bond donors (Lipinski definition) is 0. The molecule has 14 aromatic carbocycles. The molecule has 0 aliphatic rings. The third-order valence-electron chi connectivity index (χ3n) is 19.9. The van der Waals surface area contributed by atoms with Crippen LogP contribution < -0.4 is 31.5 Å². The summed E-state index contributed by atoms with van der Waals surface area (Å²) in [5.41, 5.74) is 16.2. The number of aryl methyl sites for hydroxylation is 2. The number of para-hydroxylation sites is 4. The monoisotopic (exact) mass is 1560 g/mol. The summed E-state index contributed by atoms with van der Waals surface area (Å²) in [6.07, 6.45) is 8.92. The van der Waals surface area contributed by atoms with E-state index >= 15 is 0 Å². The summed E-state index contributed by atoms with van der Waals surface area (Å²) in [7, 11) is 0. The van der Waals surface area contributed by atoms with Crippen molar-refractivity contribution >= 4 is 101 Å². The summed E-state index contributed by atoms with van der Waals surface area (Å²) in [5.74, 6) is 4.70. The Hall–Kier alpha value is -15.4. The number of rotatable bonds is 13. The Balaban J connectivity index is 0.000000114. The minimum absolute atomic E-state index is 0. The van der Waals surface area contributed by atoms with Gasteiger partial charge in [0.05, 0.1) is 0 Å². The molecule has 0 aliphatic carbocycles.